The molecular formula is C12H13FN4O2. The summed E-state index contributed by atoms with van der Waals surface area (Å²) in [7, 11) is 1.70. The lowest BCUT2D eigenvalue weighted by Crippen LogP contribution is -2.07. The molecule has 0 bridgehead atoms. The predicted molar refractivity (Wildman–Crippen MR) is 65.7 cm³/mol. The first-order chi connectivity index (χ1) is 8.97. The molecule has 0 aliphatic carbocycles. The largest absolute Gasteiger partial charge is 0.455 e. The van der Waals surface area contributed by atoms with Crippen LogP contribution in [0.15, 0.2) is 18.3 Å². The summed E-state index contributed by atoms with van der Waals surface area (Å²) in [5, 5.41) is 7.47. The lowest BCUT2D eigenvalue weighted by Gasteiger charge is -2.06. The van der Waals surface area contributed by atoms with Gasteiger partial charge in [0.1, 0.15) is 18.1 Å². The van der Waals surface area contributed by atoms with Crippen LogP contribution >= 0.6 is 0 Å². The molecule has 100 valence electrons. The first kappa shape index (κ1) is 13.0. The van der Waals surface area contributed by atoms with Crippen LogP contribution in [0.3, 0.4) is 0 Å². The summed E-state index contributed by atoms with van der Waals surface area (Å²) in [6, 6.07) is 2.49. The molecule has 0 amide bonds. The van der Waals surface area contributed by atoms with Crippen LogP contribution in [0, 0.1) is 12.7 Å². The van der Waals surface area contributed by atoms with E-state index < -0.39 is 11.8 Å². The standard InChI is InChI=1S/C12H13FN4O2/c1-7-10(13)3-8(4-11(7)14)12(18)19-6-9-5-17(2)16-15-9/h3-5H,6,14H2,1-2H3. The number of nitrogens with two attached hydrogens (primary N) is 1. The van der Waals surface area contributed by atoms with Gasteiger partial charge in [-0.15, -0.1) is 5.10 Å². The van der Waals surface area contributed by atoms with E-state index in [1.807, 2.05) is 0 Å². The number of hydrogen-bond donors (Lipinski definition) is 1. The molecule has 0 saturated carbocycles. The van der Waals surface area contributed by atoms with Crippen LogP contribution in [-0.4, -0.2) is 21.0 Å². The first-order valence-electron chi connectivity index (χ1n) is 5.55. The van der Waals surface area contributed by atoms with Gasteiger partial charge in [0.15, 0.2) is 0 Å². The number of carbonyl (C=O) groups excluding carboxylic acids is 1. The minimum atomic E-state index is -0.656. The molecule has 0 fully saturated rings. The van der Waals surface area contributed by atoms with E-state index in [1.54, 1.807) is 20.2 Å². The molecule has 0 spiro atoms. The third kappa shape index (κ3) is 2.87. The lowest BCUT2D eigenvalue weighted by molar-refractivity contribution is 0.0467. The number of anilines is 1. The fraction of sp³-hybridized carbons (Fsp3) is 0.250. The smallest absolute Gasteiger partial charge is 0.338 e. The number of halogens is 1. The SMILES string of the molecule is Cc1c(N)cc(C(=O)OCc2cn(C)nn2)cc1F. The van der Waals surface area contributed by atoms with E-state index in [9.17, 15) is 9.18 Å². The monoisotopic (exact) mass is 264 g/mol. The van der Waals surface area contributed by atoms with Crippen molar-refractivity contribution in [3.63, 3.8) is 0 Å². The second-order valence-corrected chi connectivity index (χ2v) is 4.13. The van der Waals surface area contributed by atoms with E-state index in [2.05, 4.69) is 10.3 Å². The summed E-state index contributed by atoms with van der Waals surface area (Å²) >= 11 is 0. The molecule has 19 heavy (non-hydrogen) atoms. The van der Waals surface area contributed by atoms with Crippen molar-refractivity contribution in [1.82, 2.24) is 15.0 Å². The maximum Gasteiger partial charge on any atom is 0.338 e. The second kappa shape index (κ2) is 5.05. The molecule has 7 heteroatoms. The van der Waals surface area contributed by atoms with Crippen LogP contribution in [-0.2, 0) is 18.4 Å². The van der Waals surface area contributed by atoms with Gasteiger partial charge in [-0.25, -0.2) is 9.18 Å². The van der Waals surface area contributed by atoms with Gasteiger partial charge in [0.05, 0.1) is 11.8 Å². The van der Waals surface area contributed by atoms with Crippen molar-refractivity contribution in [3.8, 4) is 0 Å². The molecule has 0 unspecified atom stereocenters. The predicted octanol–water partition coefficient (Wildman–Crippen LogP) is 1.20. The maximum absolute atomic E-state index is 13.5. The minimum Gasteiger partial charge on any atom is -0.455 e. The molecule has 0 atom stereocenters. The fourth-order valence-corrected chi connectivity index (χ4v) is 1.50. The Morgan fingerprint density at radius 3 is 2.84 bits per heavy atom. The number of hydrogen-bond acceptors (Lipinski definition) is 5. The second-order valence-electron chi connectivity index (χ2n) is 4.13. The average Bonchev–Trinajstić information content (AvgIpc) is 2.78. The molecule has 1 aromatic heterocycles. The molecule has 2 aromatic rings. The summed E-state index contributed by atoms with van der Waals surface area (Å²) in [5.74, 6) is -1.19. The maximum atomic E-state index is 13.5. The number of esters is 1. The first-order valence-corrected chi connectivity index (χ1v) is 5.55. The van der Waals surface area contributed by atoms with Crippen LogP contribution in [0.4, 0.5) is 10.1 Å². The number of aryl methyl sites for hydroxylation is 1. The quantitative estimate of drug-likeness (QED) is 0.665. The molecule has 0 saturated heterocycles. The Morgan fingerprint density at radius 1 is 1.53 bits per heavy atom. The van der Waals surface area contributed by atoms with Crippen molar-refractivity contribution >= 4 is 11.7 Å². The third-order valence-corrected chi connectivity index (χ3v) is 2.62. The lowest BCUT2D eigenvalue weighted by atomic mass is 10.1. The topological polar surface area (TPSA) is 83.0 Å². The van der Waals surface area contributed by atoms with E-state index in [4.69, 9.17) is 10.5 Å². The van der Waals surface area contributed by atoms with E-state index in [-0.39, 0.29) is 17.9 Å². The molecule has 0 aliphatic rings. The zero-order chi connectivity index (χ0) is 14.0. The summed E-state index contributed by atoms with van der Waals surface area (Å²) in [5.41, 5.74) is 6.71. The Hall–Kier alpha value is -2.44. The highest BCUT2D eigenvalue weighted by Crippen LogP contribution is 2.18. The van der Waals surface area contributed by atoms with E-state index in [1.165, 1.54) is 10.7 Å². The van der Waals surface area contributed by atoms with Crippen LogP contribution in [0.25, 0.3) is 0 Å². The van der Waals surface area contributed by atoms with E-state index >= 15 is 0 Å². The molecule has 1 heterocycles. The summed E-state index contributed by atoms with van der Waals surface area (Å²) in [6.07, 6.45) is 1.62. The molecule has 1 aromatic carbocycles. The van der Waals surface area contributed by atoms with Crippen molar-refractivity contribution < 1.29 is 13.9 Å². The van der Waals surface area contributed by atoms with Crippen molar-refractivity contribution in [2.75, 3.05) is 5.73 Å². The normalized spacial score (nSPS) is 10.5. The molecule has 0 aliphatic heterocycles. The summed E-state index contributed by atoms with van der Waals surface area (Å²) in [6.45, 7) is 1.52. The minimum absolute atomic E-state index is 0.0257. The number of nitrogens with zero attached hydrogens (tertiary/aromatic N) is 3. The zero-order valence-electron chi connectivity index (χ0n) is 10.6. The number of aromatic nitrogens is 3. The zero-order valence-corrected chi connectivity index (χ0v) is 10.6. The summed E-state index contributed by atoms with van der Waals surface area (Å²) in [4.78, 5) is 11.7. The Balaban J connectivity index is 2.08. The highest BCUT2D eigenvalue weighted by molar-refractivity contribution is 5.90. The van der Waals surface area contributed by atoms with Crippen LogP contribution in [0.1, 0.15) is 21.6 Å². The Morgan fingerprint density at radius 2 is 2.26 bits per heavy atom. The van der Waals surface area contributed by atoms with Gasteiger partial charge in [0.25, 0.3) is 0 Å². The van der Waals surface area contributed by atoms with Crippen LogP contribution in [0.2, 0.25) is 0 Å². The van der Waals surface area contributed by atoms with Crippen molar-refractivity contribution in [3.05, 3.63) is 41.0 Å². The fourth-order valence-electron chi connectivity index (χ4n) is 1.50. The molecule has 0 radical (unpaired) electrons. The van der Waals surface area contributed by atoms with Gasteiger partial charge in [0.2, 0.25) is 0 Å². The Bertz CT molecular complexity index is 601. The van der Waals surface area contributed by atoms with Crippen LogP contribution < -0.4 is 5.73 Å². The summed E-state index contributed by atoms with van der Waals surface area (Å²) < 4.78 is 19.9. The molecule has 2 rings (SSSR count). The van der Waals surface area contributed by atoms with E-state index in [0.29, 0.717) is 11.3 Å². The molecule has 6 nitrogen and oxygen atoms in total. The number of ether oxygens (including phenoxy) is 1. The van der Waals surface area contributed by atoms with Gasteiger partial charge in [0, 0.05) is 18.3 Å². The molecule has 2 N–H and O–H groups in total. The number of nitrogen functional groups attached to an aromatic ring is 1. The van der Waals surface area contributed by atoms with Crippen molar-refractivity contribution in [2.24, 2.45) is 7.05 Å². The average molecular weight is 264 g/mol. The highest BCUT2D eigenvalue weighted by atomic mass is 19.1. The van der Waals surface area contributed by atoms with Crippen molar-refractivity contribution in [2.45, 2.75) is 13.5 Å². The van der Waals surface area contributed by atoms with Gasteiger partial charge in [-0.05, 0) is 19.1 Å². The van der Waals surface area contributed by atoms with Gasteiger partial charge < -0.3 is 10.5 Å². The Labute approximate surface area is 109 Å². The van der Waals surface area contributed by atoms with E-state index in [0.717, 1.165) is 6.07 Å². The highest BCUT2D eigenvalue weighted by Gasteiger charge is 2.13. The van der Waals surface area contributed by atoms with Gasteiger partial charge >= 0.3 is 5.97 Å². The van der Waals surface area contributed by atoms with Gasteiger partial charge in [-0.3, -0.25) is 4.68 Å². The van der Waals surface area contributed by atoms with Crippen molar-refractivity contribution in [1.29, 1.82) is 0 Å². The Kier molecular flexibility index (Phi) is 3.46. The number of rotatable bonds is 3. The number of carbonyl (C=O) groups is 1. The molecular weight excluding hydrogens is 251 g/mol. The van der Waals surface area contributed by atoms with Gasteiger partial charge in [-0.2, -0.15) is 0 Å². The van der Waals surface area contributed by atoms with Crippen LogP contribution in [0.5, 0.6) is 0 Å². The third-order valence-electron chi connectivity index (χ3n) is 2.62. The van der Waals surface area contributed by atoms with Gasteiger partial charge in [-0.1, -0.05) is 5.21 Å². The number of benzene rings is 1.